The third-order valence-corrected chi connectivity index (χ3v) is 4.51. The Morgan fingerprint density at radius 1 is 1.07 bits per heavy atom. The molecule has 0 aromatic heterocycles. The van der Waals surface area contributed by atoms with Gasteiger partial charge < -0.3 is 5.11 Å². The van der Waals surface area contributed by atoms with Crippen LogP contribution in [-0.2, 0) is 5.41 Å². The molecule has 0 unspecified atom stereocenters. The van der Waals surface area contributed by atoms with E-state index in [0.29, 0.717) is 12.0 Å². The van der Waals surface area contributed by atoms with Crippen LogP contribution in [0, 0.1) is 5.41 Å². The monoisotopic (exact) mass is 202 g/mol. The van der Waals surface area contributed by atoms with Crippen molar-refractivity contribution in [1.82, 2.24) is 0 Å². The first-order chi connectivity index (χ1) is 7.29. The van der Waals surface area contributed by atoms with Gasteiger partial charge in [0.1, 0.15) is 0 Å². The lowest BCUT2D eigenvalue weighted by Gasteiger charge is -2.60. The predicted molar refractivity (Wildman–Crippen MR) is 60.7 cm³/mol. The van der Waals surface area contributed by atoms with Crippen molar-refractivity contribution in [1.29, 1.82) is 0 Å². The number of hydrogen-bond acceptors (Lipinski definition) is 1. The lowest BCUT2D eigenvalue weighted by atomic mass is 9.44. The molecule has 4 rings (SSSR count). The van der Waals surface area contributed by atoms with E-state index in [1.54, 1.807) is 0 Å². The van der Waals surface area contributed by atoms with Crippen LogP contribution in [0.3, 0.4) is 0 Å². The molecule has 0 amide bonds. The summed E-state index contributed by atoms with van der Waals surface area (Å²) in [6, 6.07) is 10.9. The Balaban J connectivity index is 1.89. The summed E-state index contributed by atoms with van der Waals surface area (Å²) in [6.07, 6.45) is 6.26. The molecular weight excluding hydrogens is 184 g/mol. The largest absolute Gasteiger partial charge is 0.396 e. The SMILES string of the molecule is OCC12CCCC(c3ccccc3)(C1)C2. The van der Waals surface area contributed by atoms with Crippen molar-refractivity contribution in [2.24, 2.45) is 5.41 Å². The van der Waals surface area contributed by atoms with E-state index in [-0.39, 0.29) is 5.41 Å². The van der Waals surface area contributed by atoms with Crippen LogP contribution in [0.15, 0.2) is 30.3 Å². The van der Waals surface area contributed by atoms with Gasteiger partial charge in [0.05, 0.1) is 0 Å². The highest BCUT2D eigenvalue weighted by Gasteiger charge is 2.57. The Kier molecular flexibility index (Phi) is 1.93. The average molecular weight is 202 g/mol. The number of aliphatic hydroxyl groups excluding tert-OH is 1. The normalized spacial score (nSPS) is 38.5. The van der Waals surface area contributed by atoms with Gasteiger partial charge in [0.25, 0.3) is 0 Å². The predicted octanol–water partition coefficient (Wildman–Crippen LogP) is 2.88. The summed E-state index contributed by atoms with van der Waals surface area (Å²) in [7, 11) is 0. The van der Waals surface area contributed by atoms with Gasteiger partial charge in [-0.15, -0.1) is 0 Å². The first-order valence-corrected chi connectivity index (χ1v) is 5.95. The summed E-state index contributed by atoms with van der Waals surface area (Å²) in [5.41, 5.74) is 2.20. The van der Waals surface area contributed by atoms with Gasteiger partial charge in [-0.2, -0.15) is 0 Å². The zero-order valence-corrected chi connectivity index (χ0v) is 9.08. The maximum atomic E-state index is 9.45. The summed E-state index contributed by atoms with van der Waals surface area (Å²) < 4.78 is 0. The summed E-state index contributed by atoms with van der Waals surface area (Å²) in [4.78, 5) is 0. The fraction of sp³-hybridized carbons (Fsp3) is 0.571. The molecule has 80 valence electrons. The fourth-order valence-electron chi connectivity index (χ4n) is 3.87. The van der Waals surface area contributed by atoms with Gasteiger partial charge in [0, 0.05) is 6.61 Å². The van der Waals surface area contributed by atoms with Gasteiger partial charge in [-0.05, 0) is 42.1 Å². The third-order valence-electron chi connectivity index (χ3n) is 4.51. The Bertz CT molecular complexity index is 349. The number of aliphatic hydroxyl groups is 1. The minimum atomic E-state index is 0.286. The van der Waals surface area contributed by atoms with Crippen molar-refractivity contribution in [3.8, 4) is 0 Å². The molecule has 3 aliphatic carbocycles. The smallest absolute Gasteiger partial charge is 0.0488 e. The maximum absolute atomic E-state index is 9.45. The maximum Gasteiger partial charge on any atom is 0.0488 e. The molecule has 15 heavy (non-hydrogen) atoms. The van der Waals surface area contributed by atoms with Crippen molar-refractivity contribution in [2.45, 2.75) is 37.5 Å². The fourth-order valence-corrected chi connectivity index (χ4v) is 3.87. The van der Waals surface area contributed by atoms with Crippen LogP contribution in [0.4, 0.5) is 0 Å². The molecule has 1 aromatic carbocycles. The molecule has 0 heterocycles. The molecule has 0 saturated heterocycles. The van der Waals surface area contributed by atoms with E-state index in [0.717, 1.165) is 0 Å². The number of rotatable bonds is 2. The van der Waals surface area contributed by atoms with E-state index < -0.39 is 0 Å². The summed E-state index contributed by atoms with van der Waals surface area (Å²) in [6.45, 7) is 0.390. The van der Waals surface area contributed by atoms with Crippen molar-refractivity contribution in [2.75, 3.05) is 6.61 Å². The van der Waals surface area contributed by atoms with Crippen molar-refractivity contribution >= 4 is 0 Å². The van der Waals surface area contributed by atoms with Crippen LogP contribution < -0.4 is 0 Å². The van der Waals surface area contributed by atoms with Gasteiger partial charge in [0.2, 0.25) is 0 Å². The van der Waals surface area contributed by atoms with Gasteiger partial charge in [0.15, 0.2) is 0 Å². The highest BCUT2D eigenvalue weighted by molar-refractivity contribution is 5.32. The summed E-state index contributed by atoms with van der Waals surface area (Å²) >= 11 is 0. The molecule has 2 bridgehead atoms. The number of fused-ring (bicyclic) bond motifs is 2. The second kappa shape index (κ2) is 3.08. The van der Waals surface area contributed by atoms with E-state index in [4.69, 9.17) is 0 Å². The van der Waals surface area contributed by atoms with Crippen LogP contribution in [0.25, 0.3) is 0 Å². The minimum Gasteiger partial charge on any atom is -0.396 e. The van der Waals surface area contributed by atoms with E-state index in [1.165, 1.54) is 37.7 Å². The lowest BCUT2D eigenvalue weighted by molar-refractivity contribution is -0.0737. The van der Waals surface area contributed by atoms with E-state index in [2.05, 4.69) is 30.3 Å². The first-order valence-electron chi connectivity index (χ1n) is 5.95. The Labute approximate surface area is 91.1 Å². The van der Waals surface area contributed by atoms with Crippen molar-refractivity contribution in [3.63, 3.8) is 0 Å². The average Bonchev–Trinajstić information content (AvgIpc) is 2.29. The van der Waals surface area contributed by atoms with Crippen LogP contribution >= 0.6 is 0 Å². The lowest BCUT2D eigenvalue weighted by Crippen LogP contribution is -2.55. The van der Waals surface area contributed by atoms with Gasteiger partial charge in [-0.3, -0.25) is 0 Å². The second-order valence-corrected chi connectivity index (χ2v) is 5.51. The van der Waals surface area contributed by atoms with E-state index >= 15 is 0 Å². The molecule has 1 nitrogen and oxygen atoms in total. The molecule has 1 aromatic rings. The number of hydrogen-bond donors (Lipinski definition) is 1. The summed E-state index contributed by atoms with van der Waals surface area (Å²) in [5.74, 6) is 0. The molecule has 0 spiro atoms. The molecule has 3 fully saturated rings. The third kappa shape index (κ3) is 1.26. The van der Waals surface area contributed by atoms with Gasteiger partial charge in [-0.25, -0.2) is 0 Å². The Morgan fingerprint density at radius 2 is 1.80 bits per heavy atom. The Hall–Kier alpha value is -0.820. The van der Waals surface area contributed by atoms with Crippen LogP contribution in [0.5, 0.6) is 0 Å². The van der Waals surface area contributed by atoms with Crippen LogP contribution in [0.1, 0.15) is 37.7 Å². The quantitative estimate of drug-likeness (QED) is 0.782. The topological polar surface area (TPSA) is 20.2 Å². The number of benzene rings is 1. The van der Waals surface area contributed by atoms with E-state index in [1.807, 2.05) is 0 Å². The van der Waals surface area contributed by atoms with E-state index in [9.17, 15) is 5.11 Å². The van der Waals surface area contributed by atoms with Crippen LogP contribution in [0.2, 0.25) is 0 Å². The molecular formula is C14H18O. The molecule has 3 aliphatic rings. The minimum absolute atomic E-state index is 0.286. The zero-order valence-electron chi connectivity index (χ0n) is 9.08. The zero-order chi connectivity index (χ0) is 10.4. The molecule has 3 saturated carbocycles. The summed E-state index contributed by atoms with van der Waals surface area (Å²) in [5, 5.41) is 9.45. The van der Waals surface area contributed by atoms with Crippen LogP contribution in [-0.4, -0.2) is 11.7 Å². The molecule has 0 radical (unpaired) electrons. The highest BCUT2D eigenvalue weighted by atomic mass is 16.3. The first kappa shape index (κ1) is 9.41. The second-order valence-electron chi connectivity index (χ2n) is 5.51. The molecule has 1 heteroatoms. The van der Waals surface area contributed by atoms with Gasteiger partial charge >= 0.3 is 0 Å². The van der Waals surface area contributed by atoms with Crippen molar-refractivity contribution in [3.05, 3.63) is 35.9 Å². The highest BCUT2D eigenvalue weighted by Crippen LogP contribution is 2.63. The molecule has 0 atom stereocenters. The van der Waals surface area contributed by atoms with Crippen molar-refractivity contribution < 1.29 is 5.11 Å². The molecule has 0 aliphatic heterocycles. The Morgan fingerprint density at radius 3 is 2.47 bits per heavy atom. The standard InChI is InChI=1S/C14H18O/c15-11-13-7-4-8-14(9-13,10-13)12-5-2-1-3-6-12/h1-3,5-6,15H,4,7-11H2. The molecule has 1 N–H and O–H groups in total. The van der Waals surface area contributed by atoms with Gasteiger partial charge in [-0.1, -0.05) is 36.8 Å².